The number of benzene rings is 2. The highest BCUT2D eigenvalue weighted by Gasteiger charge is 2.12. The van der Waals surface area contributed by atoms with Gasteiger partial charge < -0.3 is 16.2 Å². The van der Waals surface area contributed by atoms with Crippen LogP contribution in [0.15, 0.2) is 36.4 Å². The molecule has 2 rings (SSSR count). The van der Waals surface area contributed by atoms with Crippen molar-refractivity contribution in [2.24, 2.45) is 0 Å². The summed E-state index contributed by atoms with van der Waals surface area (Å²) in [5.74, 6) is -0.188. The maximum Gasteiger partial charge on any atom is 0.257 e. The van der Waals surface area contributed by atoms with Crippen LogP contribution in [0.5, 0.6) is 5.75 Å². The molecule has 2 aromatic rings. The number of halogens is 1. The van der Waals surface area contributed by atoms with Gasteiger partial charge in [0.1, 0.15) is 5.75 Å². The molecule has 4 nitrogen and oxygen atoms in total. The van der Waals surface area contributed by atoms with Crippen molar-refractivity contribution in [3.05, 3.63) is 52.5 Å². The fraction of sp³-hybridized carbons (Fsp3) is 0.0714. The van der Waals surface area contributed by atoms with Gasteiger partial charge in [0.05, 0.1) is 16.3 Å². The van der Waals surface area contributed by atoms with E-state index in [0.29, 0.717) is 16.3 Å². The lowest BCUT2D eigenvalue weighted by atomic mass is 10.1. The minimum Gasteiger partial charge on any atom is -0.508 e. The van der Waals surface area contributed by atoms with E-state index in [9.17, 15) is 9.90 Å². The molecule has 0 radical (unpaired) electrons. The van der Waals surface area contributed by atoms with Gasteiger partial charge in [-0.05, 0) is 42.8 Å². The van der Waals surface area contributed by atoms with Crippen LogP contribution in [0.4, 0.5) is 11.4 Å². The minimum atomic E-state index is -0.339. The molecule has 0 aliphatic heterocycles. The van der Waals surface area contributed by atoms with Gasteiger partial charge in [0.25, 0.3) is 5.91 Å². The van der Waals surface area contributed by atoms with Crippen molar-refractivity contribution in [1.29, 1.82) is 0 Å². The number of carbonyl (C=O) groups excluding carboxylic acids is 1. The summed E-state index contributed by atoms with van der Waals surface area (Å²) >= 11 is 5.87. The number of aryl methyl sites for hydroxylation is 1. The van der Waals surface area contributed by atoms with Gasteiger partial charge >= 0.3 is 0 Å². The molecule has 0 aliphatic rings. The molecule has 5 heteroatoms. The lowest BCUT2D eigenvalue weighted by Gasteiger charge is -2.10. The van der Waals surface area contributed by atoms with Crippen LogP contribution < -0.4 is 11.1 Å². The molecule has 1 amide bonds. The van der Waals surface area contributed by atoms with Crippen molar-refractivity contribution in [3.63, 3.8) is 0 Å². The summed E-state index contributed by atoms with van der Waals surface area (Å²) in [7, 11) is 0. The Morgan fingerprint density at radius 3 is 2.74 bits per heavy atom. The summed E-state index contributed by atoms with van der Waals surface area (Å²) in [6.45, 7) is 1.79. The Bertz CT molecular complexity index is 641. The molecule has 4 N–H and O–H groups in total. The van der Waals surface area contributed by atoms with Crippen molar-refractivity contribution >= 4 is 28.9 Å². The van der Waals surface area contributed by atoms with Gasteiger partial charge in [-0.1, -0.05) is 17.7 Å². The Kier molecular flexibility index (Phi) is 3.62. The molecular formula is C14H13ClN2O2. The third-order valence-electron chi connectivity index (χ3n) is 2.76. The monoisotopic (exact) mass is 276 g/mol. The maximum atomic E-state index is 12.1. The van der Waals surface area contributed by atoms with Gasteiger partial charge in [-0.15, -0.1) is 0 Å². The van der Waals surface area contributed by atoms with Gasteiger partial charge in [-0.2, -0.15) is 0 Å². The summed E-state index contributed by atoms with van der Waals surface area (Å²) in [6.07, 6.45) is 0. The van der Waals surface area contributed by atoms with Crippen molar-refractivity contribution in [2.75, 3.05) is 11.1 Å². The first-order chi connectivity index (χ1) is 8.99. The summed E-state index contributed by atoms with van der Waals surface area (Å²) < 4.78 is 0. The van der Waals surface area contributed by atoms with E-state index < -0.39 is 0 Å². The molecule has 0 aromatic heterocycles. The van der Waals surface area contributed by atoms with Crippen LogP contribution in [0.2, 0.25) is 5.02 Å². The van der Waals surface area contributed by atoms with Crippen molar-refractivity contribution in [1.82, 2.24) is 0 Å². The lowest BCUT2D eigenvalue weighted by Crippen LogP contribution is -2.14. The fourth-order valence-electron chi connectivity index (χ4n) is 1.71. The average Bonchev–Trinajstić information content (AvgIpc) is 2.36. The predicted molar refractivity (Wildman–Crippen MR) is 76.7 cm³/mol. The zero-order valence-electron chi connectivity index (χ0n) is 10.3. The number of anilines is 2. The van der Waals surface area contributed by atoms with Crippen molar-refractivity contribution in [3.8, 4) is 5.75 Å². The second-order valence-corrected chi connectivity index (χ2v) is 4.56. The number of phenols is 1. The first-order valence-electron chi connectivity index (χ1n) is 5.64. The number of nitrogen functional groups attached to an aromatic ring is 1. The lowest BCUT2D eigenvalue weighted by molar-refractivity contribution is 0.102. The number of rotatable bonds is 2. The van der Waals surface area contributed by atoms with E-state index in [-0.39, 0.29) is 17.3 Å². The predicted octanol–water partition coefficient (Wildman–Crippen LogP) is 3.19. The number of amides is 1. The fourth-order valence-corrected chi connectivity index (χ4v) is 1.89. The topological polar surface area (TPSA) is 75.3 Å². The summed E-state index contributed by atoms with van der Waals surface area (Å²) in [5, 5.41) is 12.4. The Morgan fingerprint density at radius 2 is 2.05 bits per heavy atom. The molecule has 0 atom stereocenters. The number of aromatic hydroxyl groups is 1. The standard InChI is InChI=1S/C14H13ClN2O2/c1-8-7-9(18)5-6-12(8)17-14(19)10-3-2-4-11(15)13(10)16/h2-7,18H,16H2,1H3,(H,17,19). The van der Waals surface area contributed by atoms with Gasteiger partial charge in [0.15, 0.2) is 0 Å². The second kappa shape index (κ2) is 5.20. The Labute approximate surface area is 115 Å². The normalized spacial score (nSPS) is 10.2. The molecule has 0 heterocycles. The number of hydrogen-bond acceptors (Lipinski definition) is 3. The van der Waals surface area contributed by atoms with E-state index in [1.807, 2.05) is 0 Å². The van der Waals surface area contributed by atoms with E-state index in [0.717, 1.165) is 5.56 Å². The van der Waals surface area contributed by atoms with E-state index in [1.54, 1.807) is 37.3 Å². The zero-order chi connectivity index (χ0) is 14.0. The highest BCUT2D eigenvalue weighted by molar-refractivity contribution is 6.34. The van der Waals surface area contributed by atoms with Crippen molar-refractivity contribution in [2.45, 2.75) is 6.92 Å². The smallest absolute Gasteiger partial charge is 0.257 e. The summed E-state index contributed by atoms with van der Waals surface area (Å²) in [5.41, 5.74) is 7.71. The largest absolute Gasteiger partial charge is 0.508 e. The molecule has 0 unspecified atom stereocenters. The minimum absolute atomic E-state index is 0.151. The number of carbonyl (C=O) groups is 1. The molecule has 2 aromatic carbocycles. The number of nitrogens with two attached hydrogens (primary N) is 1. The van der Waals surface area contributed by atoms with Crippen LogP contribution >= 0.6 is 11.6 Å². The Hall–Kier alpha value is -2.20. The Balaban J connectivity index is 2.28. The molecule has 0 saturated heterocycles. The van der Waals surface area contributed by atoms with Gasteiger partial charge in [0.2, 0.25) is 0 Å². The average molecular weight is 277 g/mol. The number of hydrogen-bond donors (Lipinski definition) is 3. The first-order valence-corrected chi connectivity index (χ1v) is 6.02. The van der Waals surface area contributed by atoms with Crippen LogP contribution in [0.1, 0.15) is 15.9 Å². The van der Waals surface area contributed by atoms with Crippen LogP contribution in [-0.2, 0) is 0 Å². The first kappa shape index (κ1) is 13.2. The maximum absolute atomic E-state index is 12.1. The van der Waals surface area contributed by atoms with Gasteiger partial charge in [0, 0.05) is 5.69 Å². The zero-order valence-corrected chi connectivity index (χ0v) is 11.0. The van der Waals surface area contributed by atoms with E-state index in [4.69, 9.17) is 17.3 Å². The van der Waals surface area contributed by atoms with Gasteiger partial charge in [-0.3, -0.25) is 4.79 Å². The van der Waals surface area contributed by atoms with E-state index >= 15 is 0 Å². The molecule has 19 heavy (non-hydrogen) atoms. The molecule has 0 fully saturated rings. The quantitative estimate of drug-likeness (QED) is 0.582. The number of phenolic OH excluding ortho intramolecular Hbond substituents is 1. The molecule has 0 bridgehead atoms. The molecule has 98 valence electrons. The van der Waals surface area contributed by atoms with Crippen LogP contribution in [0, 0.1) is 6.92 Å². The molecule has 0 aliphatic carbocycles. The number of nitrogens with one attached hydrogen (secondary N) is 1. The molecular weight excluding hydrogens is 264 g/mol. The molecule has 0 spiro atoms. The van der Waals surface area contributed by atoms with Gasteiger partial charge in [-0.25, -0.2) is 0 Å². The summed E-state index contributed by atoms with van der Waals surface area (Å²) in [4.78, 5) is 12.1. The third kappa shape index (κ3) is 2.80. The second-order valence-electron chi connectivity index (χ2n) is 4.15. The SMILES string of the molecule is Cc1cc(O)ccc1NC(=O)c1cccc(Cl)c1N. The Morgan fingerprint density at radius 1 is 1.32 bits per heavy atom. The van der Waals surface area contributed by atoms with Crippen molar-refractivity contribution < 1.29 is 9.90 Å². The van der Waals surface area contributed by atoms with Crippen LogP contribution in [0.25, 0.3) is 0 Å². The molecule has 0 saturated carbocycles. The summed E-state index contributed by atoms with van der Waals surface area (Å²) in [6, 6.07) is 9.59. The third-order valence-corrected chi connectivity index (χ3v) is 3.09. The number of para-hydroxylation sites is 1. The highest BCUT2D eigenvalue weighted by atomic mass is 35.5. The van der Waals surface area contributed by atoms with E-state index in [1.165, 1.54) is 6.07 Å². The van der Waals surface area contributed by atoms with E-state index in [2.05, 4.69) is 5.32 Å². The van der Waals surface area contributed by atoms with Crippen LogP contribution in [-0.4, -0.2) is 11.0 Å². The highest BCUT2D eigenvalue weighted by Crippen LogP contribution is 2.25. The van der Waals surface area contributed by atoms with Crippen LogP contribution in [0.3, 0.4) is 0 Å².